The first-order valence-corrected chi connectivity index (χ1v) is 0. The summed E-state index contributed by atoms with van der Waals surface area (Å²) in [5, 5.41) is 0. The molecule has 0 atom stereocenters. The Morgan fingerprint density at radius 1 is 0.429 bits per heavy atom. The van der Waals surface area contributed by atoms with Gasteiger partial charge in [0.15, 0.2) is 0 Å². The molecule has 0 spiro atoms. The fourth-order valence-electron chi connectivity index (χ4n) is 0. The number of hydrogen-bond donors (Lipinski definition) is 5. The molecule has 0 saturated heterocycles. The van der Waals surface area contributed by atoms with Crippen LogP contribution in [0, 0.1) is 0 Å². The van der Waals surface area contributed by atoms with Crippen molar-refractivity contribution in [3.8, 4) is 0 Å². The second-order valence-electron chi connectivity index (χ2n) is 0. The van der Waals surface area contributed by atoms with Crippen LogP contribution in [0.4, 0.5) is 0 Å². The molecule has 0 aliphatic rings. The standard InChI is InChI=1S/ClH.5H3N.Rh/h1H;5*1H3;. The topological polar surface area (TPSA) is 175 Å². The van der Waals surface area contributed by atoms with Gasteiger partial charge in [-0.3, -0.25) is 0 Å². The molecular weight excluding hydrogens is 208 g/mol. The maximum absolute atomic E-state index is 0. The van der Waals surface area contributed by atoms with Gasteiger partial charge in [-0.2, -0.15) is 0 Å². The second kappa shape index (κ2) is 431. The average Bonchev–Trinajstić information content (AvgIpc) is 0. The monoisotopic (exact) mass is 224 g/mol. The first-order valence-electron chi connectivity index (χ1n) is 0. The minimum atomic E-state index is 0. The first-order chi connectivity index (χ1) is 0. The van der Waals surface area contributed by atoms with Crippen LogP contribution >= 0.6 is 12.4 Å². The van der Waals surface area contributed by atoms with Gasteiger partial charge in [0, 0.05) is 19.5 Å². The zero-order chi connectivity index (χ0) is 0. The summed E-state index contributed by atoms with van der Waals surface area (Å²) in [6.07, 6.45) is 0. The zero-order valence-electron chi connectivity index (χ0n) is 4.28. The van der Waals surface area contributed by atoms with E-state index in [4.69, 9.17) is 0 Å². The minimum Gasteiger partial charge on any atom is -0.344 e. The van der Waals surface area contributed by atoms with E-state index in [2.05, 4.69) is 0 Å². The Bertz CT molecular complexity index is 8.04. The molecule has 1 radical (unpaired) electrons. The molecule has 0 heterocycles. The van der Waals surface area contributed by atoms with Crippen LogP contribution in [-0.2, 0) is 19.5 Å². The molecule has 0 aromatic carbocycles. The largest absolute Gasteiger partial charge is 0.344 e. The summed E-state index contributed by atoms with van der Waals surface area (Å²) >= 11 is 0. The Morgan fingerprint density at radius 2 is 0.429 bits per heavy atom. The van der Waals surface area contributed by atoms with Crippen LogP contribution in [0.25, 0.3) is 0 Å². The van der Waals surface area contributed by atoms with Gasteiger partial charge >= 0.3 is 0 Å². The van der Waals surface area contributed by atoms with E-state index in [0.29, 0.717) is 0 Å². The molecule has 0 aromatic rings. The van der Waals surface area contributed by atoms with Gasteiger partial charge in [0.1, 0.15) is 0 Å². The maximum Gasteiger partial charge on any atom is 0 e. The summed E-state index contributed by atoms with van der Waals surface area (Å²) in [4.78, 5) is 0. The second-order valence-corrected chi connectivity index (χ2v) is 0. The van der Waals surface area contributed by atoms with Crippen LogP contribution in [0.1, 0.15) is 0 Å². The Hall–Kier alpha value is 0.713. The van der Waals surface area contributed by atoms with Crippen molar-refractivity contribution in [3.05, 3.63) is 0 Å². The smallest absolute Gasteiger partial charge is 0 e. The van der Waals surface area contributed by atoms with Gasteiger partial charge in [-0.05, 0) is 0 Å². The quantitative estimate of drug-likeness (QED) is 0.388. The third-order valence-corrected chi connectivity index (χ3v) is 0. The molecule has 15 N–H and O–H groups in total. The third kappa shape index (κ3) is 293. The third-order valence-electron chi connectivity index (χ3n) is 0. The molecule has 0 unspecified atom stereocenters. The van der Waals surface area contributed by atoms with Crippen LogP contribution in [0.5, 0.6) is 0 Å². The van der Waals surface area contributed by atoms with Crippen molar-refractivity contribution in [1.82, 2.24) is 30.8 Å². The SMILES string of the molecule is Cl.N.N.N.N.N.[Rh]. The van der Waals surface area contributed by atoms with Crippen molar-refractivity contribution in [2.45, 2.75) is 0 Å². The molecule has 0 aromatic heterocycles. The molecule has 0 saturated carbocycles. The first kappa shape index (κ1) is 683. The molecule has 0 bridgehead atoms. The van der Waals surface area contributed by atoms with Gasteiger partial charge in [0.2, 0.25) is 0 Å². The van der Waals surface area contributed by atoms with Crippen LogP contribution in [0.3, 0.4) is 0 Å². The van der Waals surface area contributed by atoms with Crippen LogP contribution in [0.2, 0.25) is 0 Å². The average molecular weight is 225 g/mol. The van der Waals surface area contributed by atoms with Crippen LogP contribution in [0.15, 0.2) is 0 Å². The summed E-state index contributed by atoms with van der Waals surface area (Å²) in [6.45, 7) is 0. The summed E-state index contributed by atoms with van der Waals surface area (Å²) in [7, 11) is 0. The molecule has 57 valence electrons. The molecule has 7 heavy (non-hydrogen) atoms. The zero-order valence-corrected chi connectivity index (χ0v) is 6.73. The maximum atomic E-state index is 0. The van der Waals surface area contributed by atoms with Gasteiger partial charge in [-0.25, -0.2) is 0 Å². The van der Waals surface area contributed by atoms with E-state index in [9.17, 15) is 0 Å². The van der Waals surface area contributed by atoms with E-state index in [-0.39, 0.29) is 62.6 Å². The molecule has 0 aliphatic carbocycles. The summed E-state index contributed by atoms with van der Waals surface area (Å²) in [5.74, 6) is 0. The number of halogens is 1. The van der Waals surface area contributed by atoms with E-state index in [1.54, 1.807) is 0 Å². The minimum absolute atomic E-state index is 0. The Labute approximate surface area is 63.1 Å². The predicted molar refractivity (Wildman–Crippen MR) is 32.4 cm³/mol. The van der Waals surface area contributed by atoms with E-state index >= 15 is 0 Å². The fourth-order valence-corrected chi connectivity index (χ4v) is 0. The Balaban J connectivity index is 0. The fraction of sp³-hybridized carbons (Fsp3) is 0. The van der Waals surface area contributed by atoms with Crippen molar-refractivity contribution in [1.29, 1.82) is 0 Å². The molecule has 0 aliphatic heterocycles. The van der Waals surface area contributed by atoms with E-state index in [1.807, 2.05) is 0 Å². The van der Waals surface area contributed by atoms with E-state index < -0.39 is 0 Å². The summed E-state index contributed by atoms with van der Waals surface area (Å²) in [5.41, 5.74) is 0. The number of hydrogen-bond acceptors (Lipinski definition) is 5. The van der Waals surface area contributed by atoms with E-state index in [1.165, 1.54) is 0 Å². The van der Waals surface area contributed by atoms with Gasteiger partial charge < -0.3 is 30.8 Å². The van der Waals surface area contributed by atoms with Gasteiger partial charge in [-0.1, -0.05) is 0 Å². The Morgan fingerprint density at radius 3 is 0.429 bits per heavy atom. The van der Waals surface area contributed by atoms with Gasteiger partial charge in [0.05, 0.1) is 0 Å². The molecule has 0 amide bonds. The van der Waals surface area contributed by atoms with Crippen LogP contribution in [-0.4, -0.2) is 0 Å². The van der Waals surface area contributed by atoms with Crippen molar-refractivity contribution >= 4 is 12.4 Å². The van der Waals surface area contributed by atoms with Crippen molar-refractivity contribution in [3.63, 3.8) is 0 Å². The molecule has 0 rings (SSSR count). The van der Waals surface area contributed by atoms with Gasteiger partial charge in [-0.15, -0.1) is 12.4 Å². The van der Waals surface area contributed by atoms with Gasteiger partial charge in [0.25, 0.3) is 0 Å². The van der Waals surface area contributed by atoms with E-state index in [0.717, 1.165) is 0 Å². The van der Waals surface area contributed by atoms with Crippen molar-refractivity contribution in [2.75, 3.05) is 0 Å². The summed E-state index contributed by atoms with van der Waals surface area (Å²) < 4.78 is 0. The molecular formula is H16ClN5Rh. The Kier molecular flexibility index (Phi) is 42000. The van der Waals surface area contributed by atoms with Crippen LogP contribution < -0.4 is 30.8 Å². The molecule has 5 nitrogen and oxygen atoms in total. The normalized spacial score (nSPS) is 0. The molecule has 0 fully saturated rings. The van der Waals surface area contributed by atoms with Crippen molar-refractivity contribution in [2.24, 2.45) is 0 Å². The molecule has 7 heteroatoms. The van der Waals surface area contributed by atoms with Crippen molar-refractivity contribution < 1.29 is 19.5 Å². The summed E-state index contributed by atoms with van der Waals surface area (Å²) in [6, 6.07) is 0. The number of rotatable bonds is 0. The predicted octanol–water partition coefficient (Wildman–Crippen LogP) is 1.23.